The molecule has 1 aliphatic rings. The van der Waals surface area contributed by atoms with Crippen LogP contribution in [0.3, 0.4) is 0 Å². The van der Waals surface area contributed by atoms with Gasteiger partial charge >= 0.3 is 0 Å². The molecular weight excluding hydrogens is 252 g/mol. The zero-order valence-corrected chi connectivity index (χ0v) is 13.0. The van der Waals surface area contributed by atoms with Gasteiger partial charge in [-0.15, -0.1) is 0 Å². The van der Waals surface area contributed by atoms with E-state index in [2.05, 4.69) is 48.3 Å². The monoisotopic (exact) mass is 278 g/mol. The summed E-state index contributed by atoms with van der Waals surface area (Å²) in [6.45, 7) is 11.0. The smallest absolute Gasteiger partial charge is 0.138 e. The summed E-state index contributed by atoms with van der Waals surface area (Å²) in [6.07, 6.45) is 2.60. The first-order chi connectivity index (χ1) is 9.49. The Morgan fingerprint density at radius 2 is 1.95 bits per heavy atom. The van der Waals surface area contributed by atoms with Crippen LogP contribution in [0.4, 0.5) is 11.6 Å². The SMILES string of the molecule is CCNc1cc(NCC2CCCO2)nc(C(C)(C)C)n1. The molecule has 0 aromatic carbocycles. The maximum absolute atomic E-state index is 5.63. The van der Waals surface area contributed by atoms with Crippen molar-refractivity contribution in [2.24, 2.45) is 0 Å². The summed E-state index contributed by atoms with van der Waals surface area (Å²) >= 11 is 0. The molecule has 0 bridgehead atoms. The normalized spacial score (nSPS) is 19.1. The third kappa shape index (κ3) is 4.07. The average Bonchev–Trinajstić information content (AvgIpc) is 2.88. The molecule has 0 aliphatic carbocycles. The van der Waals surface area contributed by atoms with Crippen LogP contribution in [0.5, 0.6) is 0 Å². The van der Waals surface area contributed by atoms with Crippen LogP contribution in [-0.4, -0.2) is 35.8 Å². The second-order valence-corrected chi connectivity index (χ2v) is 6.26. The van der Waals surface area contributed by atoms with E-state index in [0.29, 0.717) is 6.10 Å². The van der Waals surface area contributed by atoms with E-state index in [-0.39, 0.29) is 5.41 Å². The highest BCUT2D eigenvalue weighted by Gasteiger charge is 2.20. The molecular formula is C15H26N4O. The maximum Gasteiger partial charge on any atom is 0.138 e. The van der Waals surface area contributed by atoms with Crippen LogP contribution in [0.2, 0.25) is 0 Å². The molecule has 1 fully saturated rings. The molecule has 0 saturated carbocycles. The van der Waals surface area contributed by atoms with E-state index in [1.165, 1.54) is 0 Å². The Hall–Kier alpha value is -1.36. The minimum Gasteiger partial charge on any atom is -0.376 e. The van der Waals surface area contributed by atoms with Crippen molar-refractivity contribution in [1.29, 1.82) is 0 Å². The van der Waals surface area contributed by atoms with Gasteiger partial charge in [0.05, 0.1) is 6.10 Å². The molecule has 5 nitrogen and oxygen atoms in total. The van der Waals surface area contributed by atoms with E-state index in [4.69, 9.17) is 4.74 Å². The maximum atomic E-state index is 5.63. The zero-order valence-electron chi connectivity index (χ0n) is 13.0. The lowest BCUT2D eigenvalue weighted by molar-refractivity contribution is 0.120. The van der Waals surface area contributed by atoms with Crippen LogP contribution in [0.25, 0.3) is 0 Å². The van der Waals surface area contributed by atoms with Crippen LogP contribution < -0.4 is 10.6 Å². The molecule has 0 spiro atoms. The first kappa shape index (κ1) is 15.0. The van der Waals surface area contributed by atoms with E-state index in [9.17, 15) is 0 Å². The third-order valence-electron chi connectivity index (χ3n) is 3.29. The minimum atomic E-state index is -0.0638. The van der Waals surface area contributed by atoms with Crippen molar-refractivity contribution < 1.29 is 4.74 Å². The third-order valence-corrected chi connectivity index (χ3v) is 3.29. The highest BCUT2D eigenvalue weighted by molar-refractivity contribution is 5.48. The number of nitrogens with zero attached hydrogens (tertiary/aromatic N) is 2. The average molecular weight is 278 g/mol. The Kier molecular flexibility index (Phi) is 4.81. The van der Waals surface area contributed by atoms with Gasteiger partial charge in [-0.2, -0.15) is 0 Å². The molecule has 2 heterocycles. The van der Waals surface area contributed by atoms with Crippen molar-refractivity contribution in [1.82, 2.24) is 9.97 Å². The standard InChI is InChI=1S/C15H26N4O/c1-5-16-12-9-13(17-10-11-7-6-8-20-11)19-14(18-12)15(2,3)4/h9,11H,5-8,10H2,1-4H3,(H2,16,17,18,19). The van der Waals surface area contributed by atoms with Crippen LogP contribution in [0.1, 0.15) is 46.4 Å². The number of ether oxygens (including phenoxy) is 1. The largest absolute Gasteiger partial charge is 0.376 e. The summed E-state index contributed by atoms with van der Waals surface area (Å²) in [6, 6.07) is 1.97. The van der Waals surface area contributed by atoms with Crippen molar-refractivity contribution in [3.63, 3.8) is 0 Å². The molecule has 1 aromatic rings. The molecule has 5 heteroatoms. The van der Waals surface area contributed by atoms with Crippen molar-refractivity contribution in [3.8, 4) is 0 Å². The molecule has 20 heavy (non-hydrogen) atoms. The van der Waals surface area contributed by atoms with Crippen LogP contribution in [-0.2, 0) is 10.2 Å². The summed E-state index contributed by atoms with van der Waals surface area (Å²) < 4.78 is 5.63. The number of hydrogen-bond donors (Lipinski definition) is 2. The van der Waals surface area contributed by atoms with Gasteiger partial charge in [0.2, 0.25) is 0 Å². The Morgan fingerprint density at radius 3 is 2.50 bits per heavy atom. The molecule has 1 unspecified atom stereocenters. The van der Waals surface area contributed by atoms with E-state index >= 15 is 0 Å². The van der Waals surface area contributed by atoms with Crippen molar-refractivity contribution in [2.45, 2.75) is 52.1 Å². The summed E-state index contributed by atoms with van der Waals surface area (Å²) in [5.74, 6) is 2.60. The van der Waals surface area contributed by atoms with Gasteiger partial charge in [0.25, 0.3) is 0 Å². The molecule has 0 amide bonds. The lowest BCUT2D eigenvalue weighted by atomic mass is 9.96. The summed E-state index contributed by atoms with van der Waals surface area (Å²) in [7, 11) is 0. The molecule has 0 radical (unpaired) electrons. The first-order valence-corrected chi connectivity index (χ1v) is 7.48. The van der Waals surface area contributed by atoms with Gasteiger partial charge in [-0.25, -0.2) is 9.97 Å². The van der Waals surface area contributed by atoms with Gasteiger partial charge in [-0.3, -0.25) is 0 Å². The highest BCUT2D eigenvalue weighted by Crippen LogP contribution is 2.22. The van der Waals surface area contributed by atoms with E-state index < -0.39 is 0 Å². The molecule has 1 aromatic heterocycles. The number of nitrogens with one attached hydrogen (secondary N) is 2. The van der Waals surface area contributed by atoms with Crippen LogP contribution in [0, 0.1) is 0 Å². The van der Waals surface area contributed by atoms with E-state index in [1.807, 2.05) is 6.07 Å². The summed E-state index contributed by atoms with van der Waals surface area (Å²) in [5, 5.41) is 6.65. The molecule has 1 aliphatic heterocycles. The van der Waals surface area contributed by atoms with Gasteiger partial charge in [0, 0.05) is 31.2 Å². The molecule has 112 valence electrons. The quantitative estimate of drug-likeness (QED) is 0.867. The Balaban J connectivity index is 2.11. The molecule has 2 rings (SSSR count). The Morgan fingerprint density at radius 1 is 1.25 bits per heavy atom. The first-order valence-electron chi connectivity index (χ1n) is 7.48. The fraction of sp³-hybridized carbons (Fsp3) is 0.733. The Bertz CT molecular complexity index is 436. The van der Waals surface area contributed by atoms with Crippen LogP contribution in [0.15, 0.2) is 6.07 Å². The van der Waals surface area contributed by atoms with Gasteiger partial charge in [0.1, 0.15) is 17.5 Å². The van der Waals surface area contributed by atoms with Crippen LogP contribution >= 0.6 is 0 Å². The van der Waals surface area contributed by atoms with Gasteiger partial charge in [0.15, 0.2) is 0 Å². The lowest BCUT2D eigenvalue weighted by Crippen LogP contribution is -2.22. The minimum absolute atomic E-state index is 0.0638. The Labute approximate surface area is 121 Å². The predicted octanol–water partition coefficient (Wildman–Crippen LogP) is 2.80. The van der Waals surface area contributed by atoms with Crippen molar-refractivity contribution in [3.05, 3.63) is 11.9 Å². The number of aromatic nitrogens is 2. The van der Waals surface area contributed by atoms with Gasteiger partial charge in [-0.05, 0) is 19.8 Å². The fourth-order valence-corrected chi connectivity index (χ4v) is 2.17. The molecule has 1 atom stereocenters. The van der Waals surface area contributed by atoms with Crippen molar-refractivity contribution >= 4 is 11.6 Å². The second-order valence-electron chi connectivity index (χ2n) is 6.26. The predicted molar refractivity (Wildman–Crippen MR) is 82.4 cm³/mol. The summed E-state index contributed by atoms with van der Waals surface area (Å²) in [4.78, 5) is 9.21. The highest BCUT2D eigenvalue weighted by atomic mass is 16.5. The van der Waals surface area contributed by atoms with Gasteiger partial charge < -0.3 is 15.4 Å². The van der Waals surface area contributed by atoms with Gasteiger partial charge in [-0.1, -0.05) is 20.8 Å². The van der Waals surface area contributed by atoms with E-state index in [1.54, 1.807) is 0 Å². The molecule has 1 saturated heterocycles. The number of rotatable bonds is 5. The molecule has 2 N–H and O–H groups in total. The summed E-state index contributed by atoms with van der Waals surface area (Å²) in [5.41, 5.74) is -0.0638. The second kappa shape index (κ2) is 6.39. The topological polar surface area (TPSA) is 59.1 Å². The number of anilines is 2. The number of hydrogen-bond acceptors (Lipinski definition) is 5. The van der Waals surface area contributed by atoms with E-state index in [0.717, 1.165) is 50.0 Å². The fourth-order valence-electron chi connectivity index (χ4n) is 2.17. The zero-order chi connectivity index (χ0) is 14.6. The lowest BCUT2D eigenvalue weighted by Gasteiger charge is -2.19. The van der Waals surface area contributed by atoms with Crippen molar-refractivity contribution in [2.75, 3.05) is 30.3 Å².